The van der Waals surface area contributed by atoms with Gasteiger partial charge in [-0.1, -0.05) is 0 Å². The Balaban J connectivity index is 3.79. The van der Waals surface area contributed by atoms with Crippen LogP contribution < -0.4 is 5.73 Å². The van der Waals surface area contributed by atoms with Gasteiger partial charge in [0.05, 0.1) is 5.41 Å². The van der Waals surface area contributed by atoms with Crippen LogP contribution in [0.2, 0.25) is 0 Å². The lowest BCUT2D eigenvalue weighted by atomic mass is 9.98. The zero-order valence-electron chi connectivity index (χ0n) is 10.8. The van der Waals surface area contributed by atoms with Crippen LogP contribution in [0, 0.1) is 5.41 Å². The molecule has 18 heavy (non-hydrogen) atoms. The zero-order valence-corrected chi connectivity index (χ0v) is 10.8. The van der Waals surface area contributed by atoms with Crippen LogP contribution in [0.4, 0.5) is 0 Å². The minimum Gasteiger partial charge on any atom is -0.480 e. The van der Waals surface area contributed by atoms with E-state index in [0.29, 0.717) is 0 Å². The quantitative estimate of drug-likeness (QED) is 0.520. The third-order valence-corrected chi connectivity index (χ3v) is 2.00. The van der Waals surface area contributed by atoms with E-state index in [-0.39, 0.29) is 12.8 Å². The number of hydrogen-bond acceptors (Lipinski definition) is 6. The Morgan fingerprint density at radius 2 is 1.78 bits per heavy atom. The molecule has 0 heterocycles. The number of nitrogens with two attached hydrogens (primary N) is 1. The van der Waals surface area contributed by atoms with Gasteiger partial charge in [0, 0.05) is 6.42 Å². The summed E-state index contributed by atoms with van der Waals surface area (Å²) in [5, 5.41) is 8.49. The van der Waals surface area contributed by atoms with Crippen molar-refractivity contribution in [1.82, 2.24) is 0 Å². The highest BCUT2D eigenvalue weighted by Crippen LogP contribution is 2.14. The Morgan fingerprint density at radius 1 is 1.22 bits per heavy atom. The van der Waals surface area contributed by atoms with Gasteiger partial charge >= 0.3 is 17.9 Å². The highest BCUT2D eigenvalue weighted by molar-refractivity contribution is 5.76. The van der Waals surface area contributed by atoms with Gasteiger partial charge in [0.15, 0.2) is 0 Å². The molecule has 0 bridgehead atoms. The number of ether oxygens (including phenoxy) is 2. The molecule has 7 nitrogen and oxygen atoms in total. The maximum Gasteiger partial charge on any atom is 0.320 e. The van der Waals surface area contributed by atoms with E-state index in [2.05, 4.69) is 4.74 Å². The van der Waals surface area contributed by atoms with E-state index in [1.807, 2.05) is 0 Å². The number of hydrogen-bond donors (Lipinski definition) is 2. The van der Waals surface area contributed by atoms with Gasteiger partial charge in [-0.2, -0.15) is 0 Å². The monoisotopic (exact) mass is 261 g/mol. The molecule has 0 unspecified atom stereocenters. The molecule has 0 saturated heterocycles. The van der Waals surface area contributed by atoms with Crippen molar-refractivity contribution in [2.75, 3.05) is 6.79 Å². The van der Waals surface area contributed by atoms with Crippen LogP contribution in [0.1, 0.15) is 33.6 Å². The van der Waals surface area contributed by atoms with E-state index in [1.54, 1.807) is 20.8 Å². The molecule has 0 aliphatic rings. The standard InChI is InChI=1S/C11H19NO6/c1-11(2,3)10(16)18-6-17-8(13)5-4-7(12)9(14)15/h7H,4-6,12H2,1-3H3,(H,14,15)/t7-/m0/s1. The molecule has 0 aromatic carbocycles. The third-order valence-electron chi connectivity index (χ3n) is 2.00. The van der Waals surface area contributed by atoms with Crippen molar-refractivity contribution in [1.29, 1.82) is 0 Å². The normalized spacial score (nSPS) is 12.7. The predicted octanol–water partition coefficient (Wildman–Crippen LogP) is 0.269. The summed E-state index contributed by atoms with van der Waals surface area (Å²) in [6.07, 6.45) is -0.165. The second kappa shape index (κ2) is 6.95. The highest BCUT2D eigenvalue weighted by Gasteiger charge is 2.23. The van der Waals surface area contributed by atoms with Crippen molar-refractivity contribution in [2.24, 2.45) is 11.1 Å². The number of esters is 2. The second-order valence-corrected chi connectivity index (χ2v) is 4.80. The van der Waals surface area contributed by atoms with E-state index in [4.69, 9.17) is 15.6 Å². The number of carbonyl (C=O) groups excluding carboxylic acids is 2. The van der Waals surface area contributed by atoms with Crippen molar-refractivity contribution >= 4 is 17.9 Å². The zero-order chi connectivity index (χ0) is 14.3. The minimum absolute atomic E-state index is 0.0264. The Kier molecular flexibility index (Phi) is 6.32. The summed E-state index contributed by atoms with van der Waals surface area (Å²) in [6.45, 7) is 4.53. The maximum absolute atomic E-state index is 11.3. The molecule has 1 atom stereocenters. The topological polar surface area (TPSA) is 116 Å². The fraction of sp³-hybridized carbons (Fsp3) is 0.727. The summed E-state index contributed by atoms with van der Waals surface area (Å²) in [5.41, 5.74) is 4.54. The van der Waals surface area contributed by atoms with E-state index >= 15 is 0 Å². The van der Waals surface area contributed by atoms with Crippen LogP contribution in [0.3, 0.4) is 0 Å². The average Bonchev–Trinajstić information content (AvgIpc) is 2.24. The molecule has 0 saturated carbocycles. The lowest BCUT2D eigenvalue weighted by Gasteiger charge is -2.16. The summed E-state index contributed by atoms with van der Waals surface area (Å²) in [5.74, 6) is -2.33. The molecule has 0 spiro atoms. The van der Waals surface area contributed by atoms with Gasteiger partial charge in [-0.25, -0.2) is 0 Å². The fourth-order valence-electron chi connectivity index (χ4n) is 0.834. The number of carboxylic acids is 1. The average molecular weight is 261 g/mol. The number of aliphatic carboxylic acids is 1. The van der Waals surface area contributed by atoms with Crippen LogP contribution >= 0.6 is 0 Å². The highest BCUT2D eigenvalue weighted by atomic mass is 16.7. The van der Waals surface area contributed by atoms with Gasteiger partial charge < -0.3 is 20.3 Å². The van der Waals surface area contributed by atoms with Gasteiger partial charge in [0.25, 0.3) is 0 Å². The third kappa shape index (κ3) is 6.85. The van der Waals surface area contributed by atoms with Crippen LogP contribution in [-0.4, -0.2) is 35.8 Å². The number of rotatable bonds is 6. The van der Waals surface area contributed by atoms with Gasteiger partial charge in [-0.3, -0.25) is 14.4 Å². The smallest absolute Gasteiger partial charge is 0.320 e. The lowest BCUT2D eigenvalue weighted by molar-refractivity contribution is -0.173. The van der Waals surface area contributed by atoms with Gasteiger partial charge in [0.2, 0.25) is 6.79 Å². The largest absolute Gasteiger partial charge is 0.480 e. The predicted molar refractivity (Wildman–Crippen MR) is 61.4 cm³/mol. The van der Waals surface area contributed by atoms with E-state index in [0.717, 1.165) is 0 Å². The molecule has 3 N–H and O–H groups in total. The number of carboxylic acid groups (broad SMARTS) is 1. The molecule has 0 aliphatic heterocycles. The van der Waals surface area contributed by atoms with Crippen LogP contribution in [0.15, 0.2) is 0 Å². The summed E-state index contributed by atoms with van der Waals surface area (Å²) in [6, 6.07) is -1.10. The maximum atomic E-state index is 11.3. The Labute approximate surface area is 105 Å². The first-order valence-corrected chi connectivity index (χ1v) is 5.46. The van der Waals surface area contributed by atoms with Gasteiger partial charge in [-0.05, 0) is 27.2 Å². The molecular formula is C11H19NO6. The summed E-state index contributed by atoms with van der Waals surface area (Å²) in [4.78, 5) is 32.8. The van der Waals surface area contributed by atoms with Crippen molar-refractivity contribution in [2.45, 2.75) is 39.7 Å². The number of carbonyl (C=O) groups is 3. The summed E-state index contributed by atoms with van der Waals surface area (Å²) in [7, 11) is 0. The molecule has 0 aromatic rings. The molecule has 0 amide bonds. The Hall–Kier alpha value is -1.63. The minimum atomic E-state index is -1.18. The van der Waals surface area contributed by atoms with E-state index in [9.17, 15) is 14.4 Å². The first-order chi connectivity index (χ1) is 8.14. The van der Waals surface area contributed by atoms with Crippen LogP contribution in [0.25, 0.3) is 0 Å². The summed E-state index contributed by atoms with van der Waals surface area (Å²) >= 11 is 0. The Bertz CT molecular complexity index is 320. The van der Waals surface area contributed by atoms with E-state index in [1.165, 1.54) is 0 Å². The van der Waals surface area contributed by atoms with Crippen LogP contribution in [-0.2, 0) is 23.9 Å². The van der Waals surface area contributed by atoms with Crippen molar-refractivity contribution in [3.8, 4) is 0 Å². The Morgan fingerprint density at radius 3 is 2.22 bits per heavy atom. The molecule has 7 heteroatoms. The summed E-state index contributed by atoms with van der Waals surface area (Å²) < 4.78 is 9.31. The van der Waals surface area contributed by atoms with Gasteiger partial charge in [-0.15, -0.1) is 0 Å². The van der Waals surface area contributed by atoms with Crippen LogP contribution in [0.5, 0.6) is 0 Å². The molecule has 0 rings (SSSR count). The second-order valence-electron chi connectivity index (χ2n) is 4.80. The molecular weight excluding hydrogens is 242 g/mol. The molecule has 104 valence electrons. The van der Waals surface area contributed by atoms with Crippen molar-refractivity contribution in [3.05, 3.63) is 0 Å². The molecule has 0 aliphatic carbocycles. The van der Waals surface area contributed by atoms with Gasteiger partial charge in [0.1, 0.15) is 6.04 Å². The van der Waals surface area contributed by atoms with E-state index < -0.39 is 36.2 Å². The van der Waals surface area contributed by atoms with Crippen molar-refractivity contribution in [3.63, 3.8) is 0 Å². The van der Waals surface area contributed by atoms with Crippen molar-refractivity contribution < 1.29 is 29.0 Å². The lowest BCUT2D eigenvalue weighted by Crippen LogP contribution is -2.31. The molecule has 0 aromatic heterocycles. The fourth-order valence-corrected chi connectivity index (χ4v) is 0.834. The molecule has 0 radical (unpaired) electrons. The first-order valence-electron chi connectivity index (χ1n) is 5.46. The molecule has 0 fully saturated rings. The first kappa shape index (κ1) is 16.4. The SMILES string of the molecule is CC(C)(C)C(=O)OCOC(=O)CC[C@H](N)C(=O)O.